The van der Waals surface area contributed by atoms with Crippen LogP contribution in [0.4, 0.5) is 0 Å². The zero-order valence-electron chi connectivity index (χ0n) is 15.6. The quantitative estimate of drug-likeness (QED) is 0.663. The highest BCUT2D eigenvalue weighted by Gasteiger charge is 2.18. The van der Waals surface area contributed by atoms with Gasteiger partial charge in [-0.2, -0.15) is 0 Å². The van der Waals surface area contributed by atoms with E-state index in [0.717, 1.165) is 12.5 Å². The molecule has 0 aromatic heterocycles. The van der Waals surface area contributed by atoms with Crippen molar-refractivity contribution in [2.45, 2.75) is 25.8 Å². The molecule has 2 unspecified atom stereocenters. The zero-order chi connectivity index (χ0) is 17.6. The lowest BCUT2D eigenvalue weighted by Crippen LogP contribution is -2.44. The second-order valence-corrected chi connectivity index (χ2v) is 7.16. The van der Waals surface area contributed by atoms with E-state index in [1.807, 2.05) is 7.05 Å². The van der Waals surface area contributed by atoms with E-state index in [4.69, 9.17) is 0 Å². The number of nitrogens with one attached hydrogen (secondary N) is 2. The Balaban J connectivity index is 1.63. The van der Waals surface area contributed by atoms with Gasteiger partial charge in [-0.3, -0.25) is 4.99 Å². The third-order valence-electron chi connectivity index (χ3n) is 5.15. The summed E-state index contributed by atoms with van der Waals surface area (Å²) in [5.41, 5.74) is 1.30. The van der Waals surface area contributed by atoms with Crippen LogP contribution in [0.1, 0.15) is 31.4 Å². The molecule has 2 N–H and O–H groups in total. The molecule has 2 aromatic carbocycles. The predicted molar refractivity (Wildman–Crippen MR) is 107 cm³/mol. The maximum atomic E-state index is 4.42. The van der Waals surface area contributed by atoms with Crippen LogP contribution in [0.25, 0.3) is 10.8 Å². The van der Waals surface area contributed by atoms with E-state index in [1.54, 1.807) is 0 Å². The fraction of sp³-hybridized carbons (Fsp3) is 0.476. The van der Waals surface area contributed by atoms with E-state index >= 15 is 0 Å². The number of fused-ring (bicyclic) bond motifs is 1. The summed E-state index contributed by atoms with van der Waals surface area (Å²) in [6.07, 6.45) is 2.59. The first-order valence-corrected chi connectivity index (χ1v) is 9.30. The summed E-state index contributed by atoms with van der Waals surface area (Å²) < 4.78 is 0. The van der Waals surface area contributed by atoms with E-state index in [9.17, 15) is 0 Å². The number of hydrogen-bond donors (Lipinski definition) is 2. The topological polar surface area (TPSA) is 39.7 Å². The number of nitrogens with zero attached hydrogens (tertiary/aromatic N) is 2. The lowest BCUT2D eigenvalue weighted by Gasteiger charge is -2.30. The highest BCUT2D eigenvalue weighted by atomic mass is 15.2. The first-order valence-electron chi connectivity index (χ1n) is 9.30. The van der Waals surface area contributed by atoms with Gasteiger partial charge in [0, 0.05) is 20.1 Å². The van der Waals surface area contributed by atoms with Gasteiger partial charge in [-0.15, -0.1) is 0 Å². The highest BCUT2D eigenvalue weighted by molar-refractivity contribution is 5.87. The third-order valence-corrected chi connectivity index (χ3v) is 5.15. The molecule has 2 atom stereocenters. The molecule has 0 spiro atoms. The molecule has 1 fully saturated rings. The van der Waals surface area contributed by atoms with Crippen LogP contribution < -0.4 is 10.6 Å². The number of likely N-dealkylation sites (tertiary alicyclic amines) is 1. The Morgan fingerprint density at radius 3 is 2.84 bits per heavy atom. The van der Waals surface area contributed by atoms with Gasteiger partial charge in [0.2, 0.25) is 0 Å². The number of hydrogen-bond acceptors (Lipinski definition) is 2. The van der Waals surface area contributed by atoms with E-state index in [0.29, 0.717) is 5.92 Å². The molecule has 0 amide bonds. The standard InChI is InChI=1S/C21H30N4/c1-16(19-12-6-10-18-9-4-5-11-20(18)19)24-21(22-2)23-14-17-8-7-13-25(3)15-17/h4-6,9-12,16-17H,7-8,13-15H2,1-3H3,(H2,22,23,24). The largest absolute Gasteiger partial charge is 0.356 e. The predicted octanol–water partition coefficient (Wildman–Crippen LogP) is 3.41. The molecule has 1 aliphatic rings. The van der Waals surface area contributed by atoms with Crippen LogP contribution in [0.2, 0.25) is 0 Å². The summed E-state index contributed by atoms with van der Waals surface area (Å²) in [4.78, 5) is 6.84. The Hall–Kier alpha value is -2.07. The number of piperidine rings is 1. The van der Waals surface area contributed by atoms with Gasteiger partial charge < -0.3 is 15.5 Å². The van der Waals surface area contributed by atoms with Gasteiger partial charge in [0.1, 0.15) is 0 Å². The summed E-state index contributed by atoms with van der Waals surface area (Å²) in [6, 6.07) is 15.2. The van der Waals surface area contributed by atoms with Crippen molar-refractivity contribution >= 4 is 16.7 Å². The number of aliphatic imine (C=N–C) groups is 1. The fourth-order valence-electron chi connectivity index (χ4n) is 3.79. The first kappa shape index (κ1) is 17.7. The maximum Gasteiger partial charge on any atom is 0.191 e. The molecule has 1 heterocycles. The van der Waals surface area contributed by atoms with Gasteiger partial charge >= 0.3 is 0 Å². The van der Waals surface area contributed by atoms with Crippen molar-refractivity contribution < 1.29 is 0 Å². The fourth-order valence-corrected chi connectivity index (χ4v) is 3.79. The molecular weight excluding hydrogens is 308 g/mol. The van der Waals surface area contributed by atoms with Crippen molar-refractivity contribution in [2.24, 2.45) is 10.9 Å². The molecule has 3 rings (SSSR count). The molecule has 2 aromatic rings. The highest BCUT2D eigenvalue weighted by Crippen LogP contribution is 2.24. The Bertz CT molecular complexity index is 719. The Kier molecular flexibility index (Phi) is 5.92. The zero-order valence-corrected chi connectivity index (χ0v) is 15.6. The van der Waals surface area contributed by atoms with Crippen LogP contribution in [0.5, 0.6) is 0 Å². The summed E-state index contributed by atoms with van der Waals surface area (Å²) in [6.45, 7) is 5.57. The van der Waals surface area contributed by atoms with Gasteiger partial charge in [0.25, 0.3) is 0 Å². The monoisotopic (exact) mass is 338 g/mol. The van der Waals surface area contributed by atoms with Crippen molar-refractivity contribution in [1.82, 2.24) is 15.5 Å². The maximum absolute atomic E-state index is 4.42. The molecule has 0 bridgehead atoms. The number of rotatable bonds is 4. The second-order valence-electron chi connectivity index (χ2n) is 7.16. The molecule has 4 heteroatoms. The van der Waals surface area contributed by atoms with Crippen molar-refractivity contribution in [1.29, 1.82) is 0 Å². The van der Waals surface area contributed by atoms with Gasteiger partial charge in [0.15, 0.2) is 5.96 Å². The van der Waals surface area contributed by atoms with Crippen LogP contribution in [0.3, 0.4) is 0 Å². The van der Waals surface area contributed by atoms with E-state index in [1.165, 1.54) is 42.3 Å². The molecular formula is C21H30N4. The van der Waals surface area contributed by atoms with Gasteiger partial charge in [-0.25, -0.2) is 0 Å². The first-order chi connectivity index (χ1) is 12.2. The summed E-state index contributed by atoms with van der Waals surface area (Å²) in [5, 5.41) is 9.65. The van der Waals surface area contributed by atoms with Crippen LogP contribution in [0.15, 0.2) is 47.5 Å². The van der Waals surface area contributed by atoms with Crippen molar-refractivity contribution in [3.63, 3.8) is 0 Å². The van der Waals surface area contributed by atoms with Crippen molar-refractivity contribution in [2.75, 3.05) is 33.7 Å². The molecule has 0 radical (unpaired) electrons. The van der Waals surface area contributed by atoms with Crippen molar-refractivity contribution in [3.05, 3.63) is 48.0 Å². The van der Waals surface area contributed by atoms with Gasteiger partial charge in [-0.1, -0.05) is 42.5 Å². The van der Waals surface area contributed by atoms with E-state index in [2.05, 4.69) is 77.0 Å². The van der Waals surface area contributed by atoms with Gasteiger partial charge in [-0.05, 0) is 55.6 Å². The van der Waals surface area contributed by atoms with Crippen LogP contribution >= 0.6 is 0 Å². The molecule has 134 valence electrons. The van der Waals surface area contributed by atoms with Crippen LogP contribution in [0, 0.1) is 5.92 Å². The smallest absolute Gasteiger partial charge is 0.191 e. The SMILES string of the molecule is CN=C(NCC1CCCN(C)C1)NC(C)c1cccc2ccccc12. The Morgan fingerprint density at radius 2 is 2.04 bits per heavy atom. The third kappa shape index (κ3) is 4.51. The molecule has 0 aliphatic carbocycles. The number of benzene rings is 2. The average Bonchev–Trinajstić information content (AvgIpc) is 2.64. The van der Waals surface area contributed by atoms with Crippen LogP contribution in [-0.4, -0.2) is 44.6 Å². The Morgan fingerprint density at radius 1 is 1.24 bits per heavy atom. The summed E-state index contributed by atoms with van der Waals surface area (Å²) in [7, 11) is 4.06. The molecule has 4 nitrogen and oxygen atoms in total. The van der Waals surface area contributed by atoms with Crippen molar-refractivity contribution in [3.8, 4) is 0 Å². The minimum absolute atomic E-state index is 0.200. The second kappa shape index (κ2) is 8.34. The normalized spacial score (nSPS) is 20.4. The van der Waals surface area contributed by atoms with E-state index < -0.39 is 0 Å². The molecule has 1 saturated heterocycles. The number of guanidine groups is 1. The summed E-state index contributed by atoms with van der Waals surface area (Å²) >= 11 is 0. The summed E-state index contributed by atoms with van der Waals surface area (Å²) in [5.74, 6) is 1.58. The van der Waals surface area contributed by atoms with Crippen LogP contribution in [-0.2, 0) is 0 Å². The van der Waals surface area contributed by atoms with Gasteiger partial charge in [0.05, 0.1) is 6.04 Å². The lowest BCUT2D eigenvalue weighted by atomic mass is 9.98. The average molecular weight is 338 g/mol. The Labute approximate surface area is 151 Å². The van der Waals surface area contributed by atoms with E-state index in [-0.39, 0.29) is 6.04 Å². The minimum Gasteiger partial charge on any atom is -0.356 e. The molecule has 0 saturated carbocycles. The molecule has 25 heavy (non-hydrogen) atoms. The molecule has 1 aliphatic heterocycles. The minimum atomic E-state index is 0.200. The lowest BCUT2D eigenvalue weighted by molar-refractivity contribution is 0.210.